The molecule has 0 radical (unpaired) electrons. The fraction of sp³-hybridized carbons (Fsp3) is 0.0588. The molecule has 0 N–H and O–H groups in total. The summed E-state index contributed by atoms with van der Waals surface area (Å²) in [6.45, 7) is 0.225. The Morgan fingerprint density at radius 2 is 1.83 bits per heavy atom. The van der Waals surface area contributed by atoms with Crippen molar-refractivity contribution in [2.75, 3.05) is 0 Å². The molecule has 6 heteroatoms. The third kappa shape index (κ3) is 2.27. The number of aliphatic imine (C=N–C) groups is 1. The van der Waals surface area contributed by atoms with Gasteiger partial charge in [0.25, 0.3) is 10.0 Å². The number of hydrogen-bond donors (Lipinski definition) is 0. The Morgan fingerprint density at radius 3 is 2.74 bits per heavy atom. The zero-order chi connectivity index (χ0) is 15.9. The molecule has 0 atom stereocenters. The summed E-state index contributed by atoms with van der Waals surface area (Å²) < 4.78 is 26.8. The van der Waals surface area contributed by atoms with Crippen molar-refractivity contribution < 1.29 is 8.42 Å². The lowest BCUT2D eigenvalue weighted by atomic mass is 10.1. The third-order valence-electron chi connectivity index (χ3n) is 3.84. The van der Waals surface area contributed by atoms with Crippen LogP contribution in [0.1, 0.15) is 5.56 Å². The van der Waals surface area contributed by atoms with Gasteiger partial charge in [-0.3, -0.25) is 9.29 Å². The predicted molar refractivity (Wildman–Crippen MR) is 89.1 cm³/mol. The minimum Gasteiger partial charge on any atom is -0.256 e. The number of benzene rings is 2. The van der Waals surface area contributed by atoms with E-state index in [1.54, 1.807) is 30.5 Å². The molecule has 1 aliphatic heterocycles. The topological polar surface area (TPSA) is 62.6 Å². The first-order valence-electron chi connectivity index (χ1n) is 7.14. The lowest BCUT2D eigenvalue weighted by molar-refractivity contribution is 0.522. The van der Waals surface area contributed by atoms with Crippen LogP contribution in [0.15, 0.2) is 70.7 Å². The smallest absolute Gasteiger partial charge is 0.256 e. The number of fused-ring (bicyclic) bond motifs is 2. The van der Waals surface area contributed by atoms with E-state index < -0.39 is 10.0 Å². The summed E-state index contributed by atoms with van der Waals surface area (Å²) >= 11 is 0. The molecule has 0 spiro atoms. The highest BCUT2D eigenvalue weighted by atomic mass is 32.2. The highest BCUT2D eigenvalue weighted by Crippen LogP contribution is 2.31. The first-order chi connectivity index (χ1) is 11.2. The quantitative estimate of drug-likeness (QED) is 0.728. The van der Waals surface area contributed by atoms with Gasteiger partial charge in [0.2, 0.25) is 0 Å². The van der Waals surface area contributed by atoms with Crippen LogP contribution in [-0.4, -0.2) is 24.0 Å². The van der Waals surface area contributed by atoms with E-state index in [0.717, 1.165) is 16.5 Å². The van der Waals surface area contributed by atoms with Crippen molar-refractivity contribution in [1.29, 1.82) is 0 Å². The van der Waals surface area contributed by atoms with Gasteiger partial charge in [0.05, 0.1) is 17.7 Å². The predicted octanol–water partition coefficient (Wildman–Crippen LogP) is 3.10. The van der Waals surface area contributed by atoms with E-state index in [9.17, 15) is 8.42 Å². The van der Waals surface area contributed by atoms with Crippen molar-refractivity contribution in [2.45, 2.75) is 11.4 Å². The number of aromatic nitrogens is 1. The number of sulfonamides is 1. The van der Waals surface area contributed by atoms with Crippen LogP contribution in [0, 0.1) is 0 Å². The van der Waals surface area contributed by atoms with Crippen LogP contribution in [0.2, 0.25) is 0 Å². The van der Waals surface area contributed by atoms with Gasteiger partial charge < -0.3 is 0 Å². The Kier molecular flexibility index (Phi) is 3.12. The number of para-hydroxylation sites is 1. The van der Waals surface area contributed by atoms with E-state index in [2.05, 4.69) is 9.98 Å². The molecule has 0 fully saturated rings. The van der Waals surface area contributed by atoms with E-state index in [1.807, 2.05) is 30.3 Å². The second kappa shape index (κ2) is 5.17. The Hall–Kier alpha value is -2.73. The minimum atomic E-state index is -3.59. The third-order valence-corrected chi connectivity index (χ3v) is 5.58. The zero-order valence-electron chi connectivity index (χ0n) is 12.1. The molecule has 0 amide bonds. The van der Waals surface area contributed by atoms with E-state index in [0.29, 0.717) is 5.69 Å². The van der Waals surface area contributed by atoms with Crippen molar-refractivity contribution in [3.63, 3.8) is 0 Å². The summed E-state index contributed by atoms with van der Waals surface area (Å²) in [6, 6.07) is 16.3. The van der Waals surface area contributed by atoms with Crippen molar-refractivity contribution in [3.8, 4) is 0 Å². The van der Waals surface area contributed by atoms with Gasteiger partial charge in [0, 0.05) is 11.6 Å². The average Bonchev–Trinajstić information content (AvgIpc) is 2.58. The number of nitrogens with zero attached hydrogens (tertiary/aromatic N) is 3. The molecule has 2 heterocycles. The van der Waals surface area contributed by atoms with Crippen LogP contribution in [0.3, 0.4) is 0 Å². The van der Waals surface area contributed by atoms with E-state index in [-0.39, 0.29) is 11.4 Å². The number of hydrogen-bond acceptors (Lipinski definition) is 4. The van der Waals surface area contributed by atoms with E-state index >= 15 is 0 Å². The highest BCUT2D eigenvalue weighted by molar-refractivity contribution is 7.89. The lowest BCUT2D eigenvalue weighted by Gasteiger charge is -2.24. The Morgan fingerprint density at radius 1 is 0.957 bits per heavy atom. The average molecular weight is 323 g/mol. The Labute approximate surface area is 134 Å². The minimum absolute atomic E-state index is 0.225. The second-order valence-corrected chi connectivity index (χ2v) is 7.11. The molecule has 0 unspecified atom stereocenters. The van der Waals surface area contributed by atoms with Gasteiger partial charge in [-0.25, -0.2) is 13.4 Å². The largest absolute Gasteiger partial charge is 0.267 e. The van der Waals surface area contributed by atoms with Crippen LogP contribution in [0.25, 0.3) is 10.9 Å². The monoisotopic (exact) mass is 323 g/mol. The molecule has 0 saturated heterocycles. The number of pyridine rings is 1. The van der Waals surface area contributed by atoms with Crippen LogP contribution in [0.5, 0.6) is 0 Å². The molecule has 0 aliphatic carbocycles. The van der Waals surface area contributed by atoms with Crippen LogP contribution in [0.4, 0.5) is 5.69 Å². The summed E-state index contributed by atoms with van der Waals surface area (Å²) in [5.74, 6) is 0. The van der Waals surface area contributed by atoms with Crippen molar-refractivity contribution in [3.05, 3.63) is 66.4 Å². The van der Waals surface area contributed by atoms with Gasteiger partial charge in [-0.15, -0.1) is 0 Å². The molecule has 0 saturated carbocycles. The highest BCUT2D eigenvalue weighted by Gasteiger charge is 2.28. The summed E-state index contributed by atoms with van der Waals surface area (Å²) in [5, 5.41) is 0.942. The lowest BCUT2D eigenvalue weighted by Crippen LogP contribution is -2.31. The molecular weight excluding hydrogens is 310 g/mol. The maximum atomic E-state index is 12.8. The maximum absolute atomic E-state index is 12.8. The second-order valence-electron chi connectivity index (χ2n) is 5.25. The zero-order valence-corrected chi connectivity index (χ0v) is 12.9. The molecular formula is C17H13N3O2S. The van der Waals surface area contributed by atoms with Gasteiger partial charge >= 0.3 is 0 Å². The first kappa shape index (κ1) is 13.9. The molecule has 0 bridgehead atoms. The van der Waals surface area contributed by atoms with Gasteiger partial charge in [0.1, 0.15) is 11.2 Å². The van der Waals surface area contributed by atoms with Crippen molar-refractivity contribution in [2.24, 2.45) is 4.99 Å². The summed E-state index contributed by atoms with van der Waals surface area (Å²) in [5.41, 5.74) is 2.21. The van der Waals surface area contributed by atoms with Gasteiger partial charge in [-0.05, 0) is 29.8 Å². The first-order valence-corrected chi connectivity index (χ1v) is 8.58. The van der Waals surface area contributed by atoms with Gasteiger partial charge in [-0.2, -0.15) is 0 Å². The molecule has 3 aromatic rings. The number of rotatable bonds is 2. The van der Waals surface area contributed by atoms with Crippen LogP contribution in [-0.2, 0) is 16.6 Å². The fourth-order valence-corrected chi connectivity index (χ4v) is 4.06. The van der Waals surface area contributed by atoms with Gasteiger partial charge in [-0.1, -0.05) is 30.3 Å². The molecule has 23 heavy (non-hydrogen) atoms. The SMILES string of the molecule is O=S1(=O)c2ccccc2N=CN1Cc1cccc2ncccc12. The fourth-order valence-electron chi connectivity index (χ4n) is 2.70. The van der Waals surface area contributed by atoms with E-state index in [4.69, 9.17) is 0 Å². The van der Waals surface area contributed by atoms with Crippen molar-refractivity contribution in [1.82, 2.24) is 9.29 Å². The van der Waals surface area contributed by atoms with Gasteiger partial charge in [0.15, 0.2) is 0 Å². The Balaban J connectivity index is 1.78. The Bertz CT molecular complexity index is 1020. The summed E-state index contributed by atoms with van der Waals surface area (Å²) in [6.07, 6.45) is 3.11. The van der Waals surface area contributed by atoms with E-state index in [1.165, 1.54) is 10.6 Å². The van der Waals surface area contributed by atoms with Crippen molar-refractivity contribution >= 4 is 33.0 Å². The van der Waals surface area contributed by atoms with Crippen LogP contribution < -0.4 is 0 Å². The normalized spacial score (nSPS) is 15.6. The molecule has 5 nitrogen and oxygen atoms in total. The molecule has 114 valence electrons. The molecule has 2 aromatic carbocycles. The summed E-state index contributed by atoms with van der Waals surface area (Å²) in [7, 11) is -3.59. The summed E-state index contributed by atoms with van der Waals surface area (Å²) in [4.78, 5) is 8.79. The maximum Gasteiger partial charge on any atom is 0.267 e. The standard InChI is InChI=1S/C17H13N3O2S/c21-23(22)17-9-2-1-7-16(17)19-12-20(23)11-13-5-3-8-15-14(13)6-4-10-18-15/h1-10,12H,11H2. The van der Waals surface area contributed by atoms with Crippen LogP contribution >= 0.6 is 0 Å². The molecule has 1 aromatic heterocycles. The molecule has 1 aliphatic rings. The molecule has 4 rings (SSSR count).